The highest BCUT2D eigenvalue weighted by atomic mass is 35.5. The Morgan fingerprint density at radius 2 is 1.88 bits per heavy atom. The van der Waals surface area contributed by atoms with Gasteiger partial charge in [-0.05, 0) is 23.8 Å². The van der Waals surface area contributed by atoms with Crippen molar-refractivity contribution in [2.24, 2.45) is 0 Å². The minimum Gasteiger partial charge on any atom is -0.468 e. The maximum Gasteiger partial charge on any atom is 0.225 e. The molecule has 1 atom stereocenters. The summed E-state index contributed by atoms with van der Waals surface area (Å²) in [5, 5.41) is 10.9. The minimum absolute atomic E-state index is 0.401. The second-order valence-corrected chi connectivity index (χ2v) is 4.40. The zero-order valence-electron chi connectivity index (χ0n) is 7.95. The summed E-state index contributed by atoms with van der Waals surface area (Å²) in [6, 6.07) is 4.99. The first-order valence-corrected chi connectivity index (χ1v) is 5.58. The van der Waals surface area contributed by atoms with Gasteiger partial charge in [0.15, 0.2) is 0 Å². The highest BCUT2D eigenvalue weighted by molar-refractivity contribution is 6.42. The number of ether oxygens (including phenoxy) is 1. The Hall–Kier alpha value is -0.670. The lowest BCUT2D eigenvalue weighted by molar-refractivity contribution is -0.00475. The molecule has 2 nitrogen and oxygen atoms in total. The van der Waals surface area contributed by atoms with Gasteiger partial charge in [0.25, 0.3) is 0 Å². The van der Waals surface area contributed by atoms with Crippen molar-refractivity contribution in [1.29, 1.82) is 0 Å². The molecular weight excluding hydrogens is 270 g/mol. The van der Waals surface area contributed by atoms with Crippen molar-refractivity contribution in [3.63, 3.8) is 0 Å². The van der Waals surface area contributed by atoms with Gasteiger partial charge in [0, 0.05) is 5.57 Å². The molecule has 0 spiro atoms. The van der Waals surface area contributed by atoms with Crippen LogP contribution in [0.15, 0.2) is 35.6 Å². The van der Waals surface area contributed by atoms with Crippen molar-refractivity contribution in [1.82, 2.24) is 0 Å². The zero-order valence-corrected chi connectivity index (χ0v) is 10.2. The average molecular weight is 278 g/mol. The summed E-state index contributed by atoms with van der Waals surface area (Å²) in [6.07, 6.45) is 1.81. The Kier molecular flexibility index (Phi) is 3.45. The molecule has 0 aromatic heterocycles. The maximum absolute atomic E-state index is 9.66. The number of aliphatic hydroxyl groups excluding tert-OH is 1. The summed E-state index contributed by atoms with van der Waals surface area (Å²) in [6.45, 7) is 0. The highest BCUT2D eigenvalue weighted by Gasteiger charge is 2.20. The minimum atomic E-state index is -1.09. The molecule has 16 heavy (non-hydrogen) atoms. The number of hydrogen-bond donors (Lipinski definition) is 1. The Labute approximate surface area is 108 Å². The standard InChI is InChI=1S/C11H7Cl3O2/c12-7-2-1-6(5-9(7)14)10-8(13)3-4-16-11(10)15/h1-5,11,15H. The van der Waals surface area contributed by atoms with E-state index in [0.29, 0.717) is 26.2 Å². The van der Waals surface area contributed by atoms with Crippen LogP contribution in [0.3, 0.4) is 0 Å². The van der Waals surface area contributed by atoms with Gasteiger partial charge in [-0.15, -0.1) is 0 Å². The molecule has 2 rings (SSSR count). The lowest BCUT2D eigenvalue weighted by atomic mass is 10.0. The van der Waals surface area contributed by atoms with Gasteiger partial charge in [-0.25, -0.2) is 0 Å². The fourth-order valence-corrected chi connectivity index (χ4v) is 1.95. The van der Waals surface area contributed by atoms with Crippen LogP contribution in [0, 0.1) is 0 Å². The molecule has 0 bridgehead atoms. The van der Waals surface area contributed by atoms with E-state index in [2.05, 4.69) is 0 Å². The summed E-state index contributed by atoms with van der Waals surface area (Å²) in [5.74, 6) is 0. The quantitative estimate of drug-likeness (QED) is 0.846. The van der Waals surface area contributed by atoms with Crippen LogP contribution in [0.2, 0.25) is 10.0 Å². The van der Waals surface area contributed by atoms with Gasteiger partial charge < -0.3 is 9.84 Å². The SMILES string of the molecule is OC1OC=CC(Cl)=C1c1ccc(Cl)c(Cl)c1. The van der Waals surface area contributed by atoms with Crippen LogP contribution >= 0.6 is 34.8 Å². The molecule has 1 N–H and O–H groups in total. The van der Waals surface area contributed by atoms with Gasteiger partial charge in [-0.3, -0.25) is 0 Å². The third-order valence-electron chi connectivity index (χ3n) is 2.16. The Morgan fingerprint density at radius 3 is 2.50 bits per heavy atom. The molecule has 5 heteroatoms. The summed E-state index contributed by atoms with van der Waals surface area (Å²) in [4.78, 5) is 0. The van der Waals surface area contributed by atoms with Crippen LogP contribution in [0.25, 0.3) is 5.57 Å². The summed E-state index contributed by atoms with van der Waals surface area (Å²) in [5.41, 5.74) is 1.15. The molecule has 1 aliphatic heterocycles. The third kappa shape index (κ3) is 2.20. The number of allylic oxidation sites excluding steroid dienone is 2. The monoisotopic (exact) mass is 276 g/mol. The molecule has 1 unspecified atom stereocenters. The number of rotatable bonds is 1. The molecular formula is C11H7Cl3O2. The summed E-state index contributed by atoms with van der Waals surface area (Å²) in [7, 11) is 0. The van der Waals surface area contributed by atoms with Crippen LogP contribution in [0.4, 0.5) is 0 Å². The Balaban J connectivity index is 2.50. The normalized spacial score (nSPS) is 19.9. The van der Waals surface area contributed by atoms with Gasteiger partial charge in [0.1, 0.15) is 0 Å². The molecule has 1 aliphatic rings. The third-order valence-corrected chi connectivity index (χ3v) is 3.23. The fraction of sp³-hybridized carbons (Fsp3) is 0.0909. The van der Waals surface area contributed by atoms with Crippen LogP contribution in [-0.2, 0) is 4.74 Å². The molecule has 0 saturated carbocycles. The van der Waals surface area contributed by atoms with Crippen LogP contribution < -0.4 is 0 Å². The van der Waals surface area contributed by atoms with E-state index in [1.807, 2.05) is 0 Å². The number of hydrogen-bond acceptors (Lipinski definition) is 2. The lowest BCUT2D eigenvalue weighted by Gasteiger charge is -2.19. The van der Waals surface area contributed by atoms with Crippen LogP contribution in [-0.4, -0.2) is 11.4 Å². The second-order valence-electron chi connectivity index (χ2n) is 3.18. The van der Waals surface area contributed by atoms with Gasteiger partial charge in [-0.2, -0.15) is 0 Å². The smallest absolute Gasteiger partial charge is 0.225 e. The number of benzene rings is 1. The van der Waals surface area contributed by atoms with Crippen molar-refractivity contribution in [3.8, 4) is 0 Å². The van der Waals surface area contributed by atoms with E-state index in [0.717, 1.165) is 0 Å². The fourth-order valence-electron chi connectivity index (χ4n) is 1.39. The van der Waals surface area contributed by atoms with E-state index >= 15 is 0 Å². The first kappa shape index (κ1) is 11.8. The number of aliphatic hydroxyl groups is 1. The maximum atomic E-state index is 9.66. The van der Waals surface area contributed by atoms with Crippen molar-refractivity contribution >= 4 is 40.4 Å². The molecule has 0 radical (unpaired) electrons. The van der Waals surface area contributed by atoms with E-state index in [9.17, 15) is 5.11 Å². The first-order chi connectivity index (χ1) is 7.59. The van der Waals surface area contributed by atoms with Gasteiger partial charge in [0.2, 0.25) is 6.29 Å². The van der Waals surface area contributed by atoms with Gasteiger partial charge >= 0.3 is 0 Å². The van der Waals surface area contributed by atoms with Crippen molar-refractivity contribution < 1.29 is 9.84 Å². The van der Waals surface area contributed by atoms with E-state index in [1.165, 1.54) is 6.26 Å². The second kappa shape index (κ2) is 4.68. The van der Waals surface area contributed by atoms with Crippen LogP contribution in [0.1, 0.15) is 5.56 Å². The average Bonchev–Trinajstić information content (AvgIpc) is 2.23. The molecule has 84 valence electrons. The summed E-state index contributed by atoms with van der Waals surface area (Å²) < 4.78 is 4.94. The Morgan fingerprint density at radius 1 is 1.12 bits per heavy atom. The molecule has 1 heterocycles. The number of halogens is 3. The van der Waals surface area contributed by atoms with Gasteiger partial charge in [0.05, 0.1) is 21.3 Å². The van der Waals surface area contributed by atoms with Crippen molar-refractivity contribution in [3.05, 3.63) is 51.2 Å². The Bertz CT molecular complexity index is 480. The largest absolute Gasteiger partial charge is 0.468 e. The molecule has 0 amide bonds. The molecule has 1 aromatic carbocycles. The molecule has 0 aliphatic carbocycles. The lowest BCUT2D eigenvalue weighted by Crippen LogP contribution is -2.14. The van der Waals surface area contributed by atoms with E-state index in [4.69, 9.17) is 39.5 Å². The predicted octanol–water partition coefficient (Wildman–Crippen LogP) is 3.81. The van der Waals surface area contributed by atoms with E-state index in [1.54, 1.807) is 24.3 Å². The van der Waals surface area contributed by atoms with E-state index < -0.39 is 6.29 Å². The summed E-state index contributed by atoms with van der Waals surface area (Å²) >= 11 is 17.7. The first-order valence-electron chi connectivity index (χ1n) is 4.45. The van der Waals surface area contributed by atoms with Crippen LogP contribution in [0.5, 0.6) is 0 Å². The van der Waals surface area contributed by atoms with Crippen molar-refractivity contribution in [2.75, 3.05) is 0 Å². The zero-order chi connectivity index (χ0) is 11.7. The molecule has 1 aromatic rings. The molecule has 0 saturated heterocycles. The molecule has 0 fully saturated rings. The van der Waals surface area contributed by atoms with Crippen molar-refractivity contribution in [2.45, 2.75) is 6.29 Å². The topological polar surface area (TPSA) is 29.5 Å². The highest BCUT2D eigenvalue weighted by Crippen LogP contribution is 2.33. The predicted molar refractivity (Wildman–Crippen MR) is 65.5 cm³/mol. The van der Waals surface area contributed by atoms with Gasteiger partial charge in [-0.1, -0.05) is 40.9 Å². The van der Waals surface area contributed by atoms with E-state index in [-0.39, 0.29) is 0 Å².